The lowest BCUT2D eigenvalue weighted by Gasteiger charge is -2.23. The van der Waals surface area contributed by atoms with Crippen LogP contribution in [0.4, 0.5) is 4.79 Å². The third kappa shape index (κ3) is 13.0. The van der Waals surface area contributed by atoms with Gasteiger partial charge >= 0.3 is 12.1 Å². The first-order valence-electron chi connectivity index (χ1n) is 10.5. The van der Waals surface area contributed by atoms with Gasteiger partial charge in [-0.05, 0) is 19.3 Å². The van der Waals surface area contributed by atoms with E-state index < -0.39 is 12.1 Å². The molecule has 1 unspecified atom stereocenters. The van der Waals surface area contributed by atoms with Crippen LogP contribution in [0.25, 0.3) is 0 Å². The van der Waals surface area contributed by atoms with E-state index >= 15 is 0 Å². The Morgan fingerprint density at radius 2 is 1.31 bits per heavy atom. The molecule has 154 valence electrons. The molecule has 0 spiro atoms. The Morgan fingerprint density at radius 1 is 0.808 bits per heavy atom. The lowest BCUT2D eigenvalue weighted by atomic mass is 10.1. The fourth-order valence-corrected chi connectivity index (χ4v) is 2.54. The predicted octanol–water partition coefficient (Wildman–Crippen LogP) is 5.56. The second-order valence-electron chi connectivity index (χ2n) is 7.61. The fourth-order valence-electron chi connectivity index (χ4n) is 2.54. The number of hydrogen-bond donors (Lipinski definition) is 0. The van der Waals surface area contributed by atoms with Crippen LogP contribution in [0.3, 0.4) is 0 Å². The van der Waals surface area contributed by atoms with E-state index in [4.69, 9.17) is 9.47 Å². The first-order valence-corrected chi connectivity index (χ1v) is 10.5. The molecule has 5 nitrogen and oxygen atoms in total. The minimum absolute atomic E-state index is 0.269. The maximum absolute atomic E-state index is 12.0. The standard InChI is InChI=1S/C21H41NO4/c1-6-7-8-9-10-11-12-13-14-15-16-25-20(23)19(4)22(5)21(24)26-17-18(2)3/h18-19H,6-17H2,1-5H3. The Bertz CT molecular complexity index is 371. The van der Waals surface area contributed by atoms with Gasteiger partial charge in [0.05, 0.1) is 13.2 Å². The van der Waals surface area contributed by atoms with Crippen molar-refractivity contribution in [3.05, 3.63) is 0 Å². The molecule has 0 aromatic carbocycles. The molecule has 0 bridgehead atoms. The molecule has 26 heavy (non-hydrogen) atoms. The van der Waals surface area contributed by atoms with Crippen molar-refractivity contribution in [1.82, 2.24) is 4.90 Å². The highest BCUT2D eigenvalue weighted by Crippen LogP contribution is 2.11. The zero-order valence-electron chi connectivity index (χ0n) is 17.7. The van der Waals surface area contributed by atoms with E-state index in [0.29, 0.717) is 13.2 Å². The van der Waals surface area contributed by atoms with Crippen molar-refractivity contribution in [2.45, 2.75) is 97.9 Å². The van der Waals surface area contributed by atoms with E-state index in [1.165, 1.54) is 56.3 Å². The lowest BCUT2D eigenvalue weighted by molar-refractivity contribution is -0.148. The van der Waals surface area contributed by atoms with Crippen LogP contribution in [0.2, 0.25) is 0 Å². The van der Waals surface area contributed by atoms with Crippen LogP contribution in [0, 0.1) is 5.92 Å². The third-order valence-corrected chi connectivity index (χ3v) is 4.49. The molecule has 0 aliphatic heterocycles. The zero-order valence-corrected chi connectivity index (χ0v) is 17.7. The number of unbranched alkanes of at least 4 members (excludes halogenated alkanes) is 9. The largest absolute Gasteiger partial charge is 0.464 e. The summed E-state index contributed by atoms with van der Waals surface area (Å²) in [5.41, 5.74) is 0. The van der Waals surface area contributed by atoms with Gasteiger partial charge in [0.15, 0.2) is 0 Å². The first kappa shape index (κ1) is 24.7. The molecule has 0 fully saturated rings. The Morgan fingerprint density at radius 3 is 1.81 bits per heavy atom. The molecular formula is C21H41NO4. The summed E-state index contributed by atoms with van der Waals surface area (Å²) in [6.07, 6.45) is 12.0. The quantitative estimate of drug-likeness (QED) is 0.279. The second kappa shape index (κ2) is 16.0. The van der Waals surface area contributed by atoms with Gasteiger partial charge in [0.2, 0.25) is 0 Å². The number of ether oxygens (including phenoxy) is 2. The number of carbonyl (C=O) groups is 2. The van der Waals surface area contributed by atoms with Gasteiger partial charge in [-0.2, -0.15) is 0 Å². The van der Waals surface area contributed by atoms with Crippen LogP contribution in [0.1, 0.15) is 91.9 Å². The van der Waals surface area contributed by atoms with Crippen molar-refractivity contribution >= 4 is 12.1 Å². The van der Waals surface area contributed by atoms with Gasteiger partial charge in [-0.15, -0.1) is 0 Å². The number of likely N-dealkylation sites (N-methyl/N-ethyl adjacent to an activating group) is 1. The smallest absolute Gasteiger partial charge is 0.410 e. The van der Waals surface area contributed by atoms with E-state index in [-0.39, 0.29) is 11.9 Å². The molecule has 0 rings (SSSR count). The molecular weight excluding hydrogens is 330 g/mol. The number of nitrogens with zero attached hydrogens (tertiary/aromatic N) is 1. The highest BCUT2D eigenvalue weighted by atomic mass is 16.6. The molecule has 5 heteroatoms. The van der Waals surface area contributed by atoms with Crippen molar-refractivity contribution in [3.63, 3.8) is 0 Å². The predicted molar refractivity (Wildman–Crippen MR) is 106 cm³/mol. The summed E-state index contributed by atoms with van der Waals surface area (Å²) in [7, 11) is 1.56. The van der Waals surface area contributed by atoms with Gasteiger partial charge in [-0.3, -0.25) is 4.90 Å². The highest BCUT2D eigenvalue weighted by Gasteiger charge is 2.24. The highest BCUT2D eigenvalue weighted by molar-refractivity contribution is 5.80. The van der Waals surface area contributed by atoms with Crippen LogP contribution in [0.5, 0.6) is 0 Å². The number of amides is 1. The van der Waals surface area contributed by atoms with E-state index in [0.717, 1.165) is 12.8 Å². The Labute approximate surface area is 160 Å². The minimum atomic E-state index is -0.627. The molecule has 0 saturated carbocycles. The molecule has 0 saturated heterocycles. The Balaban J connectivity index is 3.67. The van der Waals surface area contributed by atoms with Gasteiger partial charge in [-0.1, -0.05) is 78.6 Å². The maximum Gasteiger partial charge on any atom is 0.410 e. The molecule has 0 aliphatic rings. The summed E-state index contributed by atoms with van der Waals surface area (Å²) in [5, 5.41) is 0. The van der Waals surface area contributed by atoms with Gasteiger partial charge in [-0.25, -0.2) is 9.59 Å². The van der Waals surface area contributed by atoms with Crippen LogP contribution in [-0.4, -0.2) is 43.3 Å². The second-order valence-corrected chi connectivity index (χ2v) is 7.61. The van der Waals surface area contributed by atoms with Crippen LogP contribution in [-0.2, 0) is 14.3 Å². The number of hydrogen-bond acceptors (Lipinski definition) is 4. The maximum atomic E-state index is 12.0. The van der Waals surface area contributed by atoms with Crippen molar-refractivity contribution < 1.29 is 19.1 Å². The molecule has 0 aromatic heterocycles. The monoisotopic (exact) mass is 371 g/mol. The normalized spacial score (nSPS) is 12.1. The molecule has 0 N–H and O–H groups in total. The van der Waals surface area contributed by atoms with Gasteiger partial charge < -0.3 is 9.47 Å². The van der Waals surface area contributed by atoms with Gasteiger partial charge in [0, 0.05) is 7.05 Å². The lowest BCUT2D eigenvalue weighted by Crippen LogP contribution is -2.42. The minimum Gasteiger partial charge on any atom is -0.464 e. The molecule has 1 amide bonds. The molecule has 0 heterocycles. The van der Waals surface area contributed by atoms with E-state index in [2.05, 4.69) is 6.92 Å². The summed E-state index contributed by atoms with van der Waals surface area (Å²) in [4.78, 5) is 25.2. The summed E-state index contributed by atoms with van der Waals surface area (Å²) in [6.45, 7) is 8.62. The average molecular weight is 372 g/mol. The molecule has 1 atom stereocenters. The van der Waals surface area contributed by atoms with E-state index in [1.54, 1.807) is 14.0 Å². The summed E-state index contributed by atoms with van der Waals surface area (Å²) in [6, 6.07) is -0.627. The van der Waals surface area contributed by atoms with Crippen molar-refractivity contribution in [3.8, 4) is 0 Å². The van der Waals surface area contributed by atoms with Gasteiger partial charge in [0.1, 0.15) is 6.04 Å². The third-order valence-electron chi connectivity index (χ3n) is 4.49. The van der Waals surface area contributed by atoms with Gasteiger partial charge in [0.25, 0.3) is 0 Å². The average Bonchev–Trinajstić information content (AvgIpc) is 2.62. The molecule has 0 radical (unpaired) electrons. The van der Waals surface area contributed by atoms with Crippen LogP contribution < -0.4 is 0 Å². The van der Waals surface area contributed by atoms with Crippen LogP contribution >= 0.6 is 0 Å². The summed E-state index contributed by atoms with van der Waals surface area (Å²) < 4.78 is 10.4. The van der Waals surface area contributed by atoms with Crippen molar-refractivity contribution in [2.75, 3.05) is 20.3 Å². The van der Waals surface area contributed by atoms with E-state index in [1.807, 2.05) is 13.8 Å². The van der Waals surface area contributed by atoms with Crippen molar-refractivity contribution in [2.24, 2.45) is 5.92 Å². The molecule has 0 aromatic rings. The van der Waals surface area contributed by atoms with E-state index in [9.17, 15) is 9.59 Å². The SMILES string of the molecule is CCCCCCCCCCCCOC(=O)C(C)N(C)C(=O)OCC(C)C. The summed E-state index contributed by atoms with van der Waals surface area (Å²) in [5.74, 6) is -0.101. The number of carbonyl (C=O) groups excluding carboxylic acids is 2. The fraction of sp³-hybridized carbons (Fsp3) is 0.905. The Hall–Kier alpha value is -1.26. The summed E-state index contributed by atoms with van der Waals surface area (Å²) >= 11 is 0. The van der Waals surface area contributed by atoms with Crippen molar-refractivity contribution in [1.29, 1.82) is 0 Å². The zero-order chi connectivity index (χ0) is 19.8. The number of esters is 1. The first-order chi connectivity index (χ1) is 12.4. The number of rotatable bonds is 15. The van der Waals surface area contributed by atoms with Crippen LogP contribution in [0.15, 0.2) is 0 Å². The molecule has 0 aliphatic carbocycles. The topological polar surface area (TPSA) is 55.8 Å². The Kier molecular flexibility index (Phi) is 15.2.